The summed E-state index contributed by atoms with van der Waals surface area (Å²) in [6.07, 6.45) is 0.871. The molecule has 0 fully saturated rings. The average molecular weight is 349 g/mol. The zero-order valence-electron chi connectivity index (χ0n) is 14.3. The number of aryl methyl sites for hydroxylation is 2. The van der Waals surface area contributed by atoms with Gasteiger partial charge in [0.2, 0.25) is 0 Å². The van der Waals surface area contributed by atoms with Crippen LogP contribution < -0.4 is 0 Å². The van der Waals surface area contributed by atoms with Crippen molar-refractivity contribution in [1.82, 2.24) is 14.5 Å². The second-order valence-electron chi connectivity index (χ2n) is 6.45. The molecule has 0 bridgehead atoms. The SMILES string of the molecule is Cc1ccc([C@@H]2c3ccccc3CCN2C(=O)c2snnc2C)cc1. The summed E-state index contributed by atoms with van der Waals surface area (Å²) >= 11 is 1.18. The van der Waals surface area contributed by atoms with Crippen LogP contribution in [0.5, 0.6) is 0 Å². The molecule has 0 saturated heterocycles. The van der Waals surface area contributed by atoms with Gasteiger partial charge in [-0.15, -0.1) is 5.10 Å². The van der Waals surface area contributed by atoms with E-state index in [1.165, 1.54) is 28.2 Å². The standard InChI is InChI=1S/C20H19N3OS/c1-13-7-9-16(10-8-13)18-17-6-4-3-5-15(17)11-12-23(18)20(24)19-14(2)21-22-25-19/h3-10,18H,11-12H2,1-2H3/t18-/m1/s1. The predicted molar refractivity (Wildman–Crippen MR) is 98.9 cm³/mol. The Morgan fingerprint density at radius 1 is 1.12 bits per heavy atom. The summed E-state index contributed by atoms with van der Waals surface area (Å²) in [4.78, 5) is 15.8. The minimum Gasteiger partial charge on any atom is -0.326 e. The number of carbonyl (C=O) groups excluding carboxylic acids is 1. The second-order valence-corrected chi connectivity index (χ2v) is 7.20. The van der Waals surface area contributed by atoms with Crippen molar-refractivity contribution in [2.75, 3.05) is 6.54 Å². The van der Waals surface area contributed by atoms with Crippen molar-refractivity contribution >= 4 is 17.4 Å². The molecule has 4 rings (SSSR count). The van der Waals surface area contributed by atoms with E-state index in [4.69, 9.17) is 0 Å². The predicted octanol–water partition coefficient (Wildman–Crippen LogP) is 3.94. The lowest BCUT2D eigenvalue weighted by molar-refractivity contribution is 0.0698. The van der Waals surface area contributed by atoms with Crippen molar-refractivity contribution in [3.63, 3.8) is 0 Å². The third kappa shape index (κ3) is 2.85. The minimum absolute atomic E-state index is 0.0209. The Kier molecular flexibility index (Phi) is 4.09. The Balaban J connectivity index is 1.82. The van der Waals surface area contributed by atoms with Crippen molar-refractivity contribution < 1.29 is 4.79 Å². The van der Waals surface area contributed by atoms with E-state index in [1.807, 2.05) is 17.9 Å². The molecular formula is C20H19N3OS. The van der Waals surface area contributed by atoms with Gasteiger partial charge in [0.1, 0.15) is 4.88 Å². The first kappa shape index (κ1) is 16.0. The summed E-state index contributed by atoms with van der Waals surface area (Å²) in [6.45, 7) is 4.62. The smallest absolute Gasteiger partial charge is 0.268 e. The summed E-state index contributed by atoms with van der Waals surface area (Å²) in [7, 11) is 0. The van der Waals surface area contributed by atoms with Crippen LogP contribution in [0.4, 0.5) is 0 Å². The Morgan fingerprint density at radius 3 is 2.60 bits per heavy atom. The van der Waals surface area contributed by atoms with Gasteiger partial charge in [0.05, 0.1) is 11.7 Å². The lowest BCUT2D eigenvalue weighted by Gasteiger charge is -2.37. The number of nitrogens with zero attached hydrogens (tertiary/aromatic N) is 3. The van der Waals surface area contributed by atoms with E-state index in [0.717, 1.165) is 12.0 Å². The highest BCUT2D eigenvalue weighted by molar-refractivity contribution is 7.07. The largest absolute Gasteiger partial charge is 0.326 e. The monoisotopic (exact) mass is 349 g/mol. The molecule has 0 radical (unpaired) electrons. The molecule has 5 heteroatoms. The molecular weight excluding hydrogens is 330 g/mol. The summed E-state index contributed by atoms with van der Waals surface area (Å²) in [5.74, 6) is 0.0209. The van der Waals surface area contributed by atoms with Crippen LogP contribution in [0.25, 0.3) is 0 Å². The molecule has 2 aromatic carbocycles. The Hall–Kier alpha value is -2.53. The summed E-state index contributed by atoms with van der Waals surface area (Å²) in [5, 5.41) is 4.01. The van der Waals surface area contributed by atoms with E-state index >= 15 is 0 Å². The topological polar surface area (TPSA) is 46.1 Å². The molecule has 0 unspecified atom stereocenters. The van der Waals surface area contributed by atoms with Crippen molar-refractivity contribution in [2.45, 2.75) is 26.3 Å². The number of carbonyl (C=O) groups is 1. The summed E-state index contributed by atoms with van der Waals surface area (Å²) < 4.78 is 3.94. The lowest BCUT2D eigenvalue weighted by atomic mass is 9.87. The number of rotatable bonds is 2. The van der Waals surface area contributed by atoms with Gasteiger partial charge >= 0.3 is 0 Å². The van der Waals surface area contributed by atoms with Crippen LogP contribution in [0, 0.1) is 13.8 Å². The molecule has 1 aromatic heterocycles. The maximum absolute atomic E-state index is 13.2. The number of fused-ring (bicyclic) bond motifs is 1. The first-order valence-electron chi connectivity index (χ1n) is 8.39. The normalized spacial score (nSPS) is 16.6. The van der Waals surface area contributed by atoms with Crippen LogP contribution in [0.15, 0.2) is 48.5 Å². The lowest BCUT2D eigenvalue weighted by Crippen LogP contribution is -2.40. The number of benzene rings is 2. The van der Waals surface area contributed by atoms with Crippen molar-refractivity contribution in [2.24, 2.45) is 0 Å². The Bertz CT molecular complexity index is 917. The molecule has 25 heavy (non-hydrogen) atoms. The fourth-order valence-electron chi connectivity index (χ4n) is 3.45. The molecule has 0 saturated carbocycles. The van der Waals surface area contributed by atoms with Crippen LogP contribution >= 0.6 is 11.5 Å². The zero-order chi connectivity index (χ0) is 17.4. The molecule has 2 heterocycles. The molecule has 0 spiro atoms. The Morgan fingerprint density at radius 2 is 1.88 bits per heavy atom. The van der Waals surface area contributed by atoms with Gasteiger partial charge in [-0.2, -0.15) is 0 Å². The molecule has 1 aliphatic rings. The third-order valence-electron chi connectivity index (χ3n) is 4.78. The molecule has 1 amide bonds. The second kappa shape index (κ2) is 6.41. The summed E-state index contributed by atoms with van der Waals surface area (Å²) in [6, 6.07) is 16.8. The fraction of sp³-hybridized carbons (Fsp3) is 0.250. The van der Waals surface area contributed by atoms with Gasteiger partial charge in [0, 0.05) is 6.54 Å². The van der Waals surface area contributed by atoms with E-state index in [-0.39, 0.29) is 11.9 Å². The molecule has 126 valence electrons. The number of amides is 1. The number of hydrogen-bond acceptors (Lipinski definition) is 4. The van der Waals surface area contributed by atoms with E-state index in [1.54, 1.807) is 0 Å². The van der Waals surface area contributed by atoms with Gasteiger partial charge in [-0.05, 0) is 48.5 Å². The Labute approximate surface area is 151 Å². The van der Waals surface area contributed by atoms with Crippen molar-refractivity contribution in [1.29, 1.82) is 0 Å². The van der Waals surface area contributed by atoms with Crippen LogP contribution in [0.2, 0.25) is 0 Å². The highest BCUT2D eigenvalue weighted by atomic mass is 32.1. The molecule has 4 nitrogen and oxygen atoms in total. The molecule has 0 aliphatic carbocycles. The highest BCUT2D eigenvalue weighted by Crippen LogP contribution is 2.36. The molecule has 0 N–H and O–H groups in total. The van der Waals surface area contributed by atoms with Gasteiger partial charge in [0.25, 0.3) is 5.91 Å². The number of hydrogen-bond donors (Lipinski definition) is 0. The van der Waals surface area contributed by atoms with Crippen LogP contribution in [-0.2, 0) is 6.42 Å². The first-order valence-corrected chi connectivity index (χ1v) is 9.17. The van der Waals surface area contributed by atoms with Gasteiger partial charge in [-0.25, -0.2) is 0 Å². The zero-order valence-corrected chi connectivity index (χ0v) is 15.1. The van der Waals surface area contributed by atoms with Gasteiger partial charge < -0.3 is 4.90 Å². The maximum Gasteiger partial charge on any atom is 0.268 e. The van der Waals surface area contributed by atoms with Crippen LogP contribution in [0.3, 0.4) is 0 Å². The van der Waals surface area contributed by atoms with E-state index in [9.17, 15) is 4.79 Å². The minimum atomic E-state index is -0.0699. The van der Waals surface area contributed by atoms with Crippen LogP contribution in [-0.4, -0.2) is 26.9 Å². The maximum atomic E-state index is 13.2. The van der Waals surface area contributed by atoms with Gasteiger partial charge in [-0.3, -0.25) is 4.79 Å². The van der Waals surface area contributed by atoms with Crippen molar-refractivity contribution in [3.8, 4) is 0 Å². The highest BCUT2D eigenvalue weighted by Gasteiger charge is 2.33. The van der Waals surface area contributed by atoms with E-state index < -0.39 is 0 Å². The van der Waals surface area contributed by atoms with Crippen molar-refractivity contribution in [3.05, 3.63) is 81.4 Å². The molecule has 1 aliphatic heterocycles. The van der Waals surface area contributed by atoms with Crippen LogP contribution in [0.1, 0.15) is 43.7 Å². The average Bonchev–Trinajstić information content (AvgIpc) is 3.07. The quantitative estimate of drug-likeness (QED) is 0.704. The fourth-order valence-corrected chi connectivity index (χ4v) is 4.06. The summed E-state index contributed by atoms with van der Waals surface area (Å²) in [5.41, 5.74) is 5.59. The molecule has 1 atom stereocenters. The van der Waals surface area contributed by atoms with Gasteiger partial charge in [-0.1, -0.05) is 58.6 Å². The molecule has 3 aromatic rings. The third-order valence-corrected chi connectivity index (χ3v) is 5.60. The van der Waals surface area contributed by atoms with Gasteiger partial charge in [0.15, 0.2) is 0 Å². The van der Waals surface area contributed by atoms with E-state index in [2.05, 4.69) is 59.0 Å². The first-order chi connectivity index (χ1) is 12.1. The van der Waals surface area contributed by atoms with E-state index in [0.29, 0.717) is 17.1 Å². The number of aromatic nitrogens is 2.